The molecule has 1 fully saturated rings. The highest BCUT2D eigenvalue weighted by Gasteiger charge is 2.31. The maximum absolute atomic E-state index is 13.8. The molecule has 4 aromatic rings. The molecule has 0 radical (unpaired) electrons. The minimum Gasteiger partial charge on any atom is -0.282 e. The van der Waals surface area contributed by atoms with Crippen molar-refractivity contribution in [3.8, 4) is 0 Å². The van der Waals surface area contributed by atoms with Gasteiger partial charge < -0.3 is 0 Å². The normalized spacial score (nSPS) is 14.8. The second-order valence-electron chi connectivity index (χ2n) is 9.36. The molecule has 11 heteroatoms. The first-order valence-corrected chi connectivity index (χ1v) is 15.1. The van der Waals surface area contributed by atoms with Crippen LogP contribution >= 0.6 is 11.3 Å². The molecule has 0 spiro atoms. The molecule has 1 saturated carbocycles. The Morgan fingerprint density at radius 3 is 2.58 bits per heavy atom. The van der Waals surface area contributed by atoms with Crippen molar-refractivity contribution in [2.45, 2.75) is 56.5 Å². The highest BCUT2D eigenvalue weighted by Crippen LogP contribution is 2.31. The predicted molar refractivity (Wildman–Crippen MR) is 146 cm³/mol. The summed E-state index contributed by atoms with van der Waals surface area (Å²) in [4.78, 5) is 20.0. The van der Waals surface area contributed by atoms with E-state index in [0.29, 0.717) is 34.0 Å². The van der Waals surface area contributed by atoms with E-state index in [1.54, 1.807) is 39.4 Å². The van der Waals surface area contributed by atoms with Crippen LogP contribution in [0.15, 0.2) is 65.8 Å². The molecule has 2 heterocycles. The van der Waals surface area contributed by atoms with E-state index in [1.165, 1.54) is 40.5 Å². The molecule has 2 aromatic heterocycles. The fourth-order valence-corrected chi connectivity index (χ4v) is 7.68. The Balaban J connectivity index is 1.42. The number of hydrogen-bond acceptors (Lipinski definition) is 6. The summed E-state index contributed by atoms with van der Waals surface area (Å²) in [5, 5.41) is 4.65. The van der Waals surface area contributed by atoms with Gasteiger partial charge in [0.05, 0.1) is 21.7 Å². The molecule has 1 amide bonds. The summed E-state index contributed by atoms with van der Waals surface area (Å²) >= 11 is 1.23. The fourth-order valence-electron chi connectivity index (χ4n) is 4.98. The second-order valence-corrected chi connectivity index (χ2v) is 12.3. The number of benzene rings is 2. The lowest BCUT2D eigenvalue weighted by Crippen LogP contribution is -2.41. The average molecular weight is 556 g/mol. The minimum absolute atomic E-state index is 0.0155. The predicted octanol–water partition coefficient (Wildman–Crippen LogP) is 5.32. The van der Waals surface area contributed by atoms with Crippen molar-refractivity contribution in [2.75, 3.05) is 18.0 Å². The number of aromatic nitrogens is 3. The van der Waals surface area contributed by atoms with Crippen LogP contribution in [0.25, 0.3) is 10.2 Å². The van der Waals surface area contributed by atoms with Crippen molar-refractivity contribution >= 4 is 42.6 Å². The van der Waals surface area contributed by atoms with Gasteiger partial charge in [0.2, 0.25) is 10.0 Å². The van der Waals surface area contributed by atoms with Crippen LogP contribution in [0.3, 0.4) is 0 Å². The molecule has 0 bridgehead atoms. The highest BCUT2D eigenvalue weighted by molar-refractivity contribution is 7.89. The van der Waals surface area contributed by atoms with Crippen LogP contribution < -0.4 is 4.90 Å². The zero-order chi connectivity index (χ0) is 26.7. The number of carbonyl (C=O) groups is 1. The molecular formula is C27H30FN5O3S2. The van der Waals surface area contributed by atoms with Crippen LogP contribution in [0.2, 0.25) is 0 Å². The number of halogens is 1. The Hall–Kier alpha value is -3.15. The molecule has 8 nitrogen and oxygen atoms in total. The summed E-state index contributed by atoms with van der Waals surface area (Å²) in [7, 11) is -3.68. The van der Waals surface area contributed by atoms with Gasteiger partial charge in [-0.05, 0) is 61.4 Å². The molecule has 0 unspecified atom stereocenters. The summed E-state index contributed by atoms with van der Waals surface area (Å²) in [5.41, 5.74) is 0.947. The maximum Gasteiger partial charge on any atom is 0.260 e. The Morgan fingerprint density at radius 1 is 1.13 bits per heavy atom. The van der Waals surface area contributed by atoms with E-state index in [2.05, 4.69) is 10.1 Å². The monoisotopic (exact) mass is 555 g/mol. The Kier molecular flexibility index (Phi) is 7.87. The zero-order valence-corrected chi connectivity index (χ0v) is 22.8. The molecule has 2 aromatic carbocycles. The number of hydrogen-bond donors (Lipinski definition) is 0. The summed E-state index contributed by atoms with van der Waals surface area (Å²) in [6.07, 6.45) is 8.45. The Bertz CT molecular complexity index is 1500. The van der Waals surface area contributed by atoms with Crippen LogP contribution in [-0.4, -0.2) is 52.5 Å². The Morgan fingerprint density at radius 2 is 1.89 bits per heavy atom. The first kappa shape index (κ1) is 26.5. The van der Waals surface area contributed by atoms with E-state index >= 15 is 0 Å². The van der Waals surface area contributed by atoms with Gasteiger partial charge in [0, 0.05) is 37.1 Å². The summed E-state index contributed by atoms with van der Waals surface area (Å²) < 4.78 is 44.6. The third kappa shape index (κ3) is 5.50. The average Bonchev–Trinajstić information content (AvgIpc) is 3.59. The van der Waals surface area contributed by atoms with Crippen LogP contribution in [0.4, 0.5) is 9.52 Å². The fraction of sp³-hybridized carbons (Fsp3) is 0.370. The van der Waals surface area contributed by atoms with Gasteiger partial charge in [-0.25, -0.2) is 17.8 Å². The van der Waals surface area contributed by atoms with E-state index < -0.39 is 10.0 Å². The third-order valence-electron chi connectivity index (χ3n) is 6.93. The molecule has 1 aliphatic carbocycles. The first-order chi connectivity index (χ1) is 18.4. The molecule has 200 valence electrons. The smallest absolute Gasteiger partial charge is 0.260 e. The number of carbonyl (C=O) groups excluding carboxylic acids is 1. The standard InChI is InChI=1S/C27H30FN5O3S2/c1-2-33(22-7-4-3-5-8-22)38(35,36)23-12-9-20(10-13-23)26(34)32(18-17-31-16-6-15-29-31)27-30-24-14-11-21(28)19-25(24)37-27/h6,9-16,19,22H,2-5,7-8,17-18H2,1H3. The molecular weight excluding hydrogens is 525 g/mol. The summed E-state index contributed by atoms with van der Waals surface area (Å²) in [6, 6.07) is 12.3. The van der Waals surface area contributed by atoms with Gasteiger partial charge in [-0.3, -0.25) is 14.4 Å². The summed E-state index contributed by atoms with van der Waals surface area (Å²) in [5.74, 6) is -0.687. The largest absolute Gasteiger partial charge is 0.282 e. The van der Waals surface area contributed by atoms with Crippen molar-refractivity contribution in [3.63, 3.8) is 0 Å². The van der Waals surface area contributed by atoms with Gasteiger partial charge >= 0.3 is 0 Å². The molecule has 0 aliphatic heterocycles. The van der Waals surface area contributed by atoms with Crippen molar-refractivity contribution in [1.82, 2.24) is 19.1 Å². The van der Waals surface area contributed by atoms with E-state index in [0.717, 1.165) is 32.1 Å². The van der Waals surface area contributed by atoms with Crippen LogP contribution in [-0.2, 0) is 16.6 Å². The quantitative estimate of drug-likeness (QED) is 0.279. The minimum atomic E-state index is -3.68. The van der Waals surface area contributed by atoms with Gasteiger partial charge in [0.15, 0.2) is 5.13 Å². The second kappa shape index (κ2) is 11.3. The lowest BCUT2D eigenvalue weighted by molar-refractivity contribution is 0.0985. The van der Waals surface area contributed by atoms with E-state index in [1.807, 2.05) is 13.1 Å². The molecule has 1 aliphatic rings. The summed E-state index contributed by atoms with van der Waals surface area (Å²) in [6.45, 7) is 3.00. The van der Waals surface area contributed by atoms with Crippen LogP contribution in [0, 0.1) is 5.82 Å². The number of fused-ring (bicyclic) bond motifs is 1. The van der Waals surface area contributed by atoms with Gasteiger partial charge in [-0.1, -0.05) is 37.5 Å². The van der Waals surface area contributed by atoms with Crippen molar-refractivity contribution in [2.24, 2.45) is 0 Å². The first-order valence-electron chi connectivity index (χ1n) is 12.8. The van der Waals surface area contributed by atoms with E-state index in [9.17, 15) is 17.6 Å². The number of amides is 1. The van der Waals surface area contributed by atoms with Crippen molar-refractivity contribution in [3.05, 3.63) is 72.3 Å². The van der Waals surface area contributed by atoms with Gasteiger partial charge in [-0.2, -0.15) is 9.40 Å². The Labute approximate surface area is 225 Å². The molecule has 38 heavy (non-hydrogen) atoms. The van der Waals surface area contributed by atoms with Crippen LogP contribution in [0.5, 0.6) is 0 Å². The van der Waals surface area contributed by atoms with Gasteiger partial charge in [0.25, 0.3) is 5.91 Å². The lowest BCUT2D eigenvalue weighted by Gasteiger charge is -2.32. The molecule has 0 saturated heterocycles. The van der Waals surface area contributed by atoms with E-state index in [4.69, 9.17) is 0 Å². The topological polar surface area (TPSA) is 88.4 Å². The van der Waals surface area contributed by atoms with Crippen molar-refractivity contribution in [1.29, 1.82) is 0 Å². The lowest BCUT2D eigenvalue weighted by atomic mass is 9.95. The highest BCUT2D eigenvalue weighted by atomic mass is 32.2. The maximum atomic E-state index is 13.8. The number of nitrogens with zero attached hydrogens (tertiary/aromatic N) is 5. The molecule has 0 atom stereocenters. The third-order valence-corrected chi connectivity index (χ3v) is 10.0. The van der Waals surface area contributed by atoms with Gasteiger partial charge in [0.1, 0.15) is 5.82 Å². The number of sulfonamides is 1. The van der Waals surface area contributed by atoms with E-state index in [-0.39, 0.29) is 29.2 Å². The van der Waals surface area contributed by atoms with Crippen LogP contribution in [0.1, 0.15) is 49.4 Å². The van der Waals surface area contributed by atoms with Gasteiger partial charge in [-0.15, -0.1) is 0 Å². The number of rotatable bonds is 9. The number of thiazole rings is 1. The SMILES string of the molecule is CCN(C1CCCCC1)S(=O)(=O)c1ccc(C(=O)N(CCn2cccn2)c2nc3ccc(F)cc3s2)cc1. The van der Waals surface area contributed by atoms with Crippen molar-refractivity contribution < 1.29 is 17.6 Å². The molecule has 0 N–H and O–H groups in total. The molecule has 5 rings (SSSR count). The zero-order valence-electron chi connectivity index (χ0n) is 21.2. The number of anilines is 1.